The second-order valence-electron chi connectivity index (χ2n) is 4.82. The topological polar surface area (TPSA) is 0 Å². The molecule has 0 saturated heterocycles. The maximum atomic E-state index is 2.26. The normalized spacial score (nSPS) is 20.6. The van der Waals surface area contributed by atoms with Crippen LogP contribution in [-0.4, -0.2) is 19.3 Å². The van der Waals surface area contributed by atoms with Gasteiger partial charge in [-0.3, -0.25) is 0 Å². The quantitative estimate of drug-likeness (QED) is 0.552. The average Bonchev–Trinajstić information content (AvgIpc) is 3.14. The number of rotatable bonds is 3. The molecule has 2 aromatic carbocycles. The highest BCUT2D eigenvalue weighted by molar-refractivity contribution is 8.44. The van der Waals surface area contributed by atoms with Crippen LogP contribution in [0.15, 0.2) is 68.1 Å². The number of fused-ring (bicyclic) bond motifs is 2. The van der Waals surface area contributed by atoms with Crippen molar-refractivity contribution in [3.05, 3.63) is 48.5 Å². The van der Waals surface area contributed by atoms with Gasteiger partial charge < -0.3 is 0 Å². The van der Waals surface area contributed by atoms with Crippen LogP contribution in [0.3, 0.4) is 0 Å². The van der Waals surface area contributed by atoms with Gasteiger partial charge in [0.25, 0.3) is 0 Å². The van der Waals surface area contributed by atoms with Gasteiger partial charge in [-0.15, -0.1) is 23.5 Å². The van der Waals surface area contributed by atoms with Crippen molar-refractivity contribution < 1.29 is 0 Å². The Bertz CT molecular complexity index is 602. The first-order valence-corrected chi connectivity index (χ1v) is 12.5. The number of benzene rings is 2. The molecule has 0 atom stereocenters. The van der Waals surface area contributed by atoms with E-state index in [4.69, 9.17) is 0 Å². The number of hydrogen-bond donors (Lipinski definition) is 0. The maximum absolute atomic E-state index is 2.26. The highest BCUT2D eigenvalue weighted by Crippen LogP contribution is 2.77. The Morgan fingerprint density at radius 1 is 0.591 bits per heavy atom. The summed E-state index contributed by atoms with van der Waals surface area (Å²) in [5, 5.41) is 0. The van der Waals surface area contributed by atoms with Gasteiger partial charge >= 0.3 is 0 Å². The highest BCUT2D eigenvalue weighted by atomic mass is 32.3. The molecule has 22 heavy (non-hydrogen) atoms. The van der Waals surface area contributed by atoms with Gasteiger partial charge in [-0.25, -0.2) is 0 Å². The molecule has 2 aromatic rings. The van der Waals surface area contributed by atoms with Crippen LogP contribution in [0.4, 0.5) is 0 Å². The molecule has 0 bridgehead atoms. The van der Waals surface area contributed by atoms with Crippen molar-refractivity contribution in [2.45, 2.75) is 26.4 Å². The van der Waals surface area contributed by atoms with E-state index in [9.17, 15) is 0 Å². The van der Waals surface area contributed by atoms with Crippen molar-refractivity contribution in [1.82, 2.24) is 0 Å². The molecule has 2 aliphatic rings. The monoisotopic (exact) mass is 398 g/mol. The largest absolute Gasteiger partial charge is 0.149 e. The van der Waals surface area contributed by atoms with Crippen LogP contribution in [0.2, 0.25) is 0 Å². The van der Waals surface area contributed by atoms with Gasteiger partial charge in [0.15, 0.2) is 0 Å². The first kappa shape index (κ1) is 16.0. The lowest BCUT2D eigenvalue weighted by Crippen LogP contribution is -2.35. The van der Waals surface area contributed by atoms with Crippen LogP contribution in [0, 0.1) is 0 Å². The van der Waals surface area contributed by atoms with Crippen LogP contribution in [0.25, 0.3) is 0 Å². The van der Waals surface area contributed by atoms with Crippen molar-refractivity contribution in [1.29, 1.82) is 0 Å². The molecule has 4 rings (SSSR count). The Morgan fingerprint density at radius 3 is 1.09 bits per heavy atom. The summed E-state index contributed by atoms with van der Waals surface area (Å²) in [6.45, 7) is 0. The van der Waals surface area contributed by atoms with Gasteiger partial charge in [-0.1, -0.05) is 71.3 Å². The third-order valence-electron chi connectivity index (χ3n) is 3.59. The van der Waals surface area contributed by atoms with Crippen molar-refractivity contribution in [2.24, 2.45) is 0 Å². The smallest absolute Gasteiger partial charge is 0.133 e. The molecular formula is C16H14S6. The molecule has 0 spiro atoms. The standard InChI is InChI=1S/C16H14S6/c1-17-15(19-11-7-3-4-8-12(11)20-15)16(18-2)21-13-9-5-6-10-14(13)22-16/h3-10H,1-2H3. The van der Waals surface area contributed by atoms with E-state index >= 15 is 0 Å². The molecule has 0 aliphatic carbocycles. The molecular weight excluding hydrogens is 385 g/mol. The summed E-state index contributed by atoms with van der Waals surface area (Å²) in [7, 11) is 0. The van der Waals surface area contributed by atoms with Crippen LogP contribution < -0.4 is 0 Å². The molecule has 2 aliphatic heterocycles. The van der Waals surface area contributed by atoms with Crippen LogP contribution in [-0.2, 0) is 0 Å². The van der Waals surface area contributed by atoms with Gasteiger partial charge in [-0.2, -0.15) is 0 Å². The summed E-state index contributed by atoms with van der Waals surface area (Å²) in [6, 6.07) is 17.6. The van der Waals surface area contributed by atoms with Gasteiger partial charge in [0, 0.05) is 19.6 Å². The van der Waals surface area contributed by atoms with E-state index in [1.807, 2.05) is 70.6 Å². The second kappa shape index (κ2) is 6.12. The van der Waals surface area contributed by atoms with Crippen molar-refractivity contribution in [3.63, 3.8) is 0 Å². The van der Waals surface area contributed by atoms with Crippen molar-refractivity contribution >= 4 is 70.6 Å². The Kier molecular flexibility index (Phi) is 4.46. The van der Waals surface area contributed by atoms with E-state index in [0.29, 0.717) is 0 Å². The van der Waals surface area contributed by atoms with E-state index in [2.05, 4.69) is 61.0 Å². The summed E-state index contributed by atoms with van der Waals surface area (Å²) in [5.41, 5.74) is 0. The molecule has 6 heteroatoms. The summed E-state index contributed by atoms with van der Waals surface area (Å²) in [6.07, 6.45) is 4.52. The number of hydrogen-bond acceptors (Lipinski definition) is 6. The molecule has 2 heterocycles. The minimum absolute atomic E-state index is 0.0878. The van der Waals surface area contributed by atoms with E-state index in [-0.39, 0.29) is 6.82 Å². The minimum Gasteiger partial charge on any atom is -0.133 e. The zero-order valence-corrected chi connectivity index (χ0v) is 17.0. The zero-order chi connectivity index (χ0) is 15.2. The van der Waals surface area contributed by atoms with Crippen molar-refractivity contribution in [2.75, 3.05) is 12.5 Å². The van der Waals surface area contributed by atoms with Crippen molar-refractivity contribution in [3.8, 4) is 0 Å². The SMILES string of the molecule is CSC1(C2(SC)Sc3ccccc3S2)Sc2ccccc2S1. The van der Waals surface area contributed by atoms with Gasteiger partial charge in [0.05, 0.1) is 0 Å². The van der Waals surface area contributed by atoms with E-state index < -0.39 is 0 Å². The number of thioether (sulfide) groups is 6. The Balaban J connectivity index is 1.76. The molecule has 0 amide bonds. The average molecular weight is 399 g/mol. The lowest BCUT2D eigenvalue weighted by molar-refractivity contribution is 1.22. The van der Waals surface area contributed by atoms with Gasteiger partial charge in [-0.05, 0) is 36.8 Å². The molecule has 0 radical (unpaired) electrons. The molecule has 114 valence electrons. The summed E-state index contributed by atoms with van der Waals surface area (Å²) < 4.78 is 0.176. The first-order chi connectivity index (χ1) is 10.7. The van der Waals surface area contributed by atoms with Crippen LogP contribution in [0.5, 0.6) is 0 Å². The molecule has 0 aromatic heterocycles. The fourth-order valence-corrected chi connectivity index (χ4v) is 13.3. The fourth-order valence-electron chi connectivity index (χ4n) is 2.52. The molecule has 0 saturated carbocycles. The zero-order valence-electron chi connectivity index (χ0n) is 12.1. The van der Waals surface area contributed by atoms with Crippen LogP contribution >= 0.6 is 70.6 Å². The van der Waals surface area contributed by atoms with E-state index in [1.54, 1.807) is 0 Å². The minimum atomic E-state index is 0.0878. The molecule has 0 unspecified atom stereocenters. The third kappa shape index (κ3) is 2.37. The molecule has 0 nitrogen and oxygen atoms in total. The van der Waals surface area contributed by atoms with E-state index in [0.717, 1.165) is 0 Å². The fraction of sp³-hybridized carbons (Fsp3) is 0.250. The Morgan fingerprint density at radius 2 is 0.864 bits per heavy atom. The first-order valence-electron chi connectivity index (χ1n) is 6.76. The summed E-state index contributed by atoms with van der Waals surface area (Å²) in [4.78, 5) is 5.69. The van der Waals surface area contributed by atoms with Crippen LogP contribution in [0.1, 0.15) is 0 Å². The third-order valence-corrected chi connectivity index (χ3v) is 15.3. The van der Waals surface area contributed by atoms with Gasteiger partial charge in [0.2, 0.25) is 0 Å². The van der Waals surface area contributed by atoms with Gasteiger partial charge in [0.1, 0.15) is 6.82 Å². The molecule has 0 N–H and O–H groups in total. The predicted octanol–water partition coefficient (Wildman–Crippen LogP) is 6.82. The van der Waals surface area contributed by atoms with E-state index in [1.165, 1.54) is 19.6 Å². The Labute approximate surface area is 157 Å². The second-order valence-corrected chi connectivity index (χ2v) is 13.4. The highest BCUT2D eigenvalue weighted by Gasteiger charge is 2.59. The predicted molar refractivity (Wildman–Crippen MR) is 109 cm³/mol. The lowest BCUT2D eigenvalue weighted by Gasteiger charge is -2.40. The lowest BCUT2D eigenvalue weighted by atomic mass is 10.4. The summed E-state index contributed by atoms with van der Waals surface area (Å²) >= 11 is 12.1. The maximum Gasteiger partial charge on any atom is 0.149 e. The summed E-state index contributed by atoms with van der Waals surface area (Å²) in [5.74, 6) is 0. The molecule has 0 fully saturated rings. The Hall–Kier alpha value is 0.540.